The van der Waals surface area contributed by atoms with Gasteiger partial charge in [0.05, 0.1) is 17.6 Å². The highest BCUT2D eigenvalue weighted by atomic mass is 16.6. The van der Waals surface area contributed by atoms with Gasteiger partial charge in [0.15, 0.2) is 0 Å². The fraction of sp³-hybridized carbons (Fsp3) is 0.286. The van der Waals surface area contributed by atoms with Crippen molar-refractivity contribution in [3.63, 3.8) is 0 Å². The Morgan fingerprint density at radius 2 is 2.00 bits per heavy atom. The van der Waals surface area contributed by atoms with Crippen LogP contribution in [0.3, 0.4) is 0 Å². The van der Waals surface area contributed by atoms with Crippen molar-refractivity contribution in [2.75, 3.05) is 7.11 Å². The number of amides is 1. The number of rotatable bonds is 3. The molecule has 0 saturated heterocycles. The zero-order valence-electron chi connectivity index (χ0n) is 11.6. The predicted molar refractivity (Wildman–Crippen MR) is 73.3 cm³/mol. The van der Waals surface area contributed by atoms with E-state index in [2.05, 4.69) is 5.32 Å². The zero-order valence-corrected chi connectivity index (χ0v) is 11.6. The first-order valence-corrected chi connectivity index (χ1v) is 6.27. The van der Waals surface area contributed by atoms with Crippen molar-refractivity contribution in [2.45, 2.75) is 19.3 Å². The summed E-state index contributed by atoms with van der Waals surface area (Å²) >= 11 is 0. The van der Waals surface area contributed by atoms with Crippen LogP contribution < -0.4 is 5.32 Å². The largest absolute Gasteiger partial charge is 0.466 e. The van der Waals surface area contributed by atoms with E-state index in [1.54, 1.807) is 19.1 Å². The molecule has 0 bridgehead atoms. The van der Waals surface area contributed by atoms with Gasteiger partial charge in [0.2, 0.25) is 5.91 Å². The Morgan fingerprint density at radius 3 is 2.52 bits per heavy atom. The van der Waals surface area contributed by atoms with Gasteiger partial charge in [-0.2, -0.15) is 0 Å². The Labute approximate surface area is 120 Å². The Kier molecular flexibility index (Phi) is 4.02. The number of carbonyl (C=O) groups is 2. The molecule has 0 aliphatic carbocycles. The summed E-state index contributed by atoms with van der Waals surface area (Å²) in [5, 5.41) is 13.3. The predicted octanol–water partition coefficient (Wildman–Crippen LogP) is 1.65. The molecular formula is C14H14N2O5. The number of nitro benzene ring substituents is 1. The van der Waals surface area contributed by atoms with E-state index in [1.807, 2.05) is 0 Å². The second kappa shape index (κ2) is 5.74. The summed E-state index contributed by atoms with van der Waals surface area (Å²) in [4.78, 5) is 33.8. The zero-order chi connectivity index (χ0) is 15.6. The molecule has 1 aliphatic heterocycles. The Bertz CT molecular complexity index is 633. The molecule has 1 N–H and O–H groups in total. The van der Waals surface area contributed by atoms with E-state index in [-0.39, 0.29) is 18.0 Å². The Balaban J connectivity index is 2.43. The highest BCUT2D eigenvalue weighted by Gasteiger charge is 2.32. The van der Waals surface area contributed by atoms with Crippen molar-refractivity contribution < 1.29 is 19.2 Å². The van der Waals surface area contributed by atoms with Gasteiger partial charge in [-0.25, -0.2) is 4.79 Å². The molecular weight excluding hydrogens is 276 g/mol. The maximum atomic E-state index is 11.9. The summed E-state index contributed by atoms with van der Waals surface area (Å²) in [5.74, 6) is -1.19. The Morgan fingerprint density at radius 1 is 1.38 bits per heavy atom. The number of benzene rings is 1. The van der Waals surface area contributed by atoms with E-state index in [0.717, 1.165) is 0 Å². The molecule has 0 saturated carbocycles. The lowest BCUT2D eigenvalue weighted by Gasteiger charge is -2.26. The van der Waals surface area contributed by atoms with Crippen LogP contribution in [0, 0.1) is 10.1 Å². The molecule has 0 fully saturated rings. The third-order valence-electron chi connectivity index (χ3n) is 3.38. The summed E-state index contributed by atoms with van der Waals surface area (Å²) in [5.41, 5.74) is 1.43. The van der Waals surface area contributed by atoms with Gasteiger partial charge in [-0.15, -0.1) is 0 Å². The molecule has 7 heteroatoms. The average Bonchev–Trinajstić information content (AvgIpc) is 2.45. The Hall–Kier alpha value is -2.70. The first-order valence-electron chi connectivity index (χ1n) is 6.27. The number of ether oxygens (including phenoxy) is 1. The topological polar surface area (TPSA) is 98.5 Å². The molecule has 0 radical (unpaired) electrons. The van der Waals surface area contributed by atoms with E-state index in [4.69, 9.17) is 4.74 Å². The van der Waals surface area contributed by atoms with Gasteiger partial charge in [0, 0.05) is 30.2 Å². The molecule has 1 aliphatic rings. The van der Waals surface area contributed by atoms with Crippen LogP contribution >= 0.6 is 0 Å². The summed E-state index contributed by atoms with van der Waals surface area (Å²) < 4.78 is 4.75. The van der Waals surface area contributed by atoms with E-state index < -0.39 is 16.8 Å². The minimum absolute atomic E-state index is 0.0423. The maximum Gasteiger partial charge on any atom is 0.336 e. The van der Waals surface area contributed by atoms with Gasteiger partial charge < -0.3 is 10.1 Å². The summed E-state index contributed by atoms with van der Waals surface area (Å²) in [6.45, 7) is 1.63. The number of non-ortho nitro benzene ring substituents is 1. The molecule has 7 nitrogen and oxygen atoms in total. The van der Waals surface area contributed by atoms with Gasteiger partial charge in [0.25, 0.3) is 5.69 Å². The lowest BCUT2D eigenvalue weighted by atomic mass is 9.84. The first-order chi connectivity index (χ1) is 9.93. The number of allylic oxidation sites excluding steroid dienone is 1. The second-order valence-electron chi connectivity index (χ2n) is 4.68. The third-order valence-corrected chi connectivity index (χ3v) is 3.38. The molecule has 1 atom stereocenters. The minimum atomic E-state index is -0.518. The molecule has 2 rings (SSSR count). The van der Waals surface area contributed by atoms with Crippen molar-refractivity contribution in [2.24, 2.45) is 0 Å². The maximum absolute atomic E-state index is 11.9. The van der Waals surface area contributed by atoms with Gasteiger partial charge in [-0.1, -0.05) is 12.1 Å². The second-order valence-corrected chi connectivity index (χ2v) is 4.68. The number of hydrogen-bond acceptors (Lipinski definition) is 5. The van der Waals surface area contributed by atoms with Gasteiger partial charge in [-0.3, -0.25) is 14.9 Å². The highest BCUT2D eigenvalue weighted by molar-refractivity contribution is 5.95. The number of methoxy groups -OCH3 is 1. The van der Waals surface area contributed by atoms with Crippen LogP contribution in [0.5, 0.6) is 0 Å². The molecule has 0 aromatic heterocycles. The first kappa shape index (κ1) is 14.7. The SMILES string of the molecule is COC(=O)C1=C(C)NC(=O)C[C@H]1c1ccc([N+](=O)[O-])cc1. The van der Waals surface area contributed by atoms with Crippen LogP contribution in [-0.2, 0) is 14.3 Å². The van der Waals surface area contributed by atoms with E-state index in [1.165, 1.54) is 19.2 Å². The number of nitrogens with zero attached hydrogens (tertiary/aromatic N) is 1. The number of esters is 1. The average molecular weight is 290 g/mol. The van der Waals surface area contributed by atoms with E-state index >= 15 is 0 Å². The standard InChI is InChI=1S/C14H14N2O5/c1-8-13(14(18)21-2)11(7-12(17)15-8)9-3-5-10(6-4-9)16(19)20/h3-6,11H,7H2,1-2H3,(H,15,17)/t11-/m0/s1. The lowest BCUT2D eigenvalue weighted by molar-refractivity contribution is -0.384. The van der Waals surface area contributed by atoms with Crippen molar-refractivity contribution >= 4 is 17.6 Å². The van der Waals surface area contributed by atoms with Crippen LogP contribution in [0.15, 0.2) is 35.5 Å². The van der Waals surface area contributed by atoms with Crippen LogP contribution in [0.4, 0.5) is 5.69 Å². The monoisotopic (exact) mass is 290 g/mol. The highest BCUT2D eigenvalue weighted by Crippen LogP contribution is 2.34. The van der Waals surface area contributed by atoms with Crippen LogP contribution in [-0.4, -0.2) is 23.9 Å². The van der Waals surface area contributed by atoms with E-state index in [0.29, 0.717) is 16.8 Å². The fourth-order valence-corrected chi connectivity index (χ4v) is 2.39. The third kappa shape index (κ3) is 2.91. The number of hydrogen-bond donors (Lipinski definition) is 1. The van der Waals surface area contributed by atoms with Crippen LogP contribution in [0.25, 0.3) is 0 Å². The molecule has 1 aromatic rings. The van der Waals surface area contributed by atoms with E-state index in [9.17, 15) is 19.7 Å². The minimum Gasteiger partial charge on any atom is -0.466 e. The van der Waals surface area contributed by atoms with Gasteiger partial charge >= 0.3 is 5.97 Å². The number of carbonyl (C=O) groups excluding carboxylic acids is 2. The summed E-state index contributed by atoms with van der Waals surface area (Å²) in [6.07, 6.45) is 0.0968. The van der Waals surface area contributed by atoms with Crippen molar-refractivity contribution in [1.29, 1.82) is 0 Å². The fourth-order valence-electron chi connectivity index (χ4n) is 2.39. The molecule has 21 heavy (non-hydrogen) atoms. The van der Waals surface area contributed by atoms with Crippen molar-refractivity contribution in [3.8, 4) is 0 Å². The summed E-state index contributed by atoms with van der Waals surface area (Å²) in [7, 11) is 1.27. The molecule has 1 amide bonds. The smallest absolute Gasteiger partial charge is 0.336 e. The normalized spacial score (nSPS) is 18.2. The quantitative estimate of drug-likeness (QED) is 0.518. The van der Waals surface area contributed by atoms with Crippen LogP contribution in [0.2, 0.25) is 0 Å². The number of nitro groups is 1. The number of nitrogens with one attached hydrogen (secondary N) is 1. The van der Waals surface area contributed by atoms with Gasteiger partial charge in [0.1, 0.15) is 0 Å². The summed E-state index contributed by atoms with van der Waals surface area (Å²) in [6, 6.07) is 5.81. The lowest BCUT2D eigenvalue weighted by Crippen LogP contribution is -2.34. The van der Waals surface area contributed by atoms with Crippen LogP contribution in [0.1, 0.15) is 24.8 Å². The molecule has 0 unspecified atom stereocenters. The molecule has 1 aromatic carbocycles. The van der Waals surface area contributed by atoms with Crippen molar-refractivity contribution in [3.05, 3.63) is 51.2 Å². The van der Waals surface area contributed by atoms with Gasteiger partial charge in [-0.05, 0) is 12.5 Å². The molecule has 1 heterocycles. The molecule has 110 valence electrons. The van der Waals surface area contributed by atoms with Crippen molar-refractivity contribution in [1.82, 2.24) is 5.32 Å². The molecule has 0 spiro atoms.